The van der Waals surface area contributed by atoms with Crippen molar-refractivity contribution in [1.82, 2.24) is 10.2 Å². The van der Waals surface area contributed by atoms with Gasteiger partial charge in [0.05, 0.1) is 19.1 Å². The molecule has 0 unspecified atom stereocenters. The van der Waals surface area contributed by atoms with E-state index in [2.05, 4.69) is 15.5 Å². The van der Waals surface area contributed by atoms with Crippen LogP contribution in [-0.4, -0.2) is 44.4 Å². The van der Waals surface area contributed by atoms with E-state index in [0.29, 0.717) is 27.9 Å². The molecule has 0 aliphatic carbocycles. The highest BCUT2D eigenvalue weighted by Crippen LogP contribution is 2.28. The maximum atomic E-state index is 12.7. The Morgan fingerprint density at radius 3 is 2.17 bits per heavy atom. The third-order valence-electron chi connectivity index (χ3n) is 4.80. The van der Waals surface area contributed by atoms with Crippen LogP contribution in [0.15, 0.2) is 78.9 Å². The number of hydrogen-bond donors (Lipinski definition) is 1. The van der Waals surface area contributed by atoms with Gasteiger partial charge in [0.15, 0.2) is 0 Å². The highest BCUT2D eigenvalue weighted by molar-refractivity contribution is 7.92. The summed E-state index contributed by atoms with van der Waals surface area (Å²) in [5.74, 6) is 1.37. The third kappa shape index (κ3) is 6.34. The molecule has 0 saturated carbocycles. The van der Waals surface area contributed by atoms with Crippen LogP contribution in [0.3, 0.4) is 0 Å². The lowest BCUT2D eigenvalue weighted by molar-refractivity contribution is -0.114. The molecule has 1 heterocycles. The van der Waals surface area contributed by atoms with Crippen molar-refractivity contribution in [1.29, 1.82) is 0 Å². The van der Waals surface area contributed by atoms with Crippen molar-refractivity contribution in [2.24, 2.45) is 0 Å². The summed E-state index contributed by atoms with van der Waals surface area (Å²) in [6, 6.07) is 22.9. The van der Waals surface area contributed by atoms with Crippen molar-refractivity contribution in [3.63, 3.8) is 0 Å². The van der Waals surface area contributed by atoms with E-state index >= 15 is 0 Å². The third-order valence-corrected chi connectivity index (χ3v) is 6.83. The van der Waals surface area contributed by atoms with Gasteiger partial charge in [0, 0.05) is 5.56 Å². The minimum absolute atomic E-state index is 0.265. The number of carbonyl (C=O) groups is 1. The van der Waals surface area contributed by atoms with Crippen LogP contribution in [0.1, 0.15) is 0 Å². The van der Waals surface area contributed by atoms with Crippen molar-refractivity contribution in [3.05, 3.63) is 78.9 Å². The molecule has 0 saturated heterocycles. The Morgan fingerprint density at radius 2 is 1.54 bits per heavy atom. The van der Waals surface area contributed by atoms with Gasteiger partial charge in [-0.1, -0.05) is 29.5 Å². The summed E-state index contributed by atoms with van der Waals surface area (Å²) in [4.78, 5) is 12.7. The molecule has 4 aromatic rings. The lowest BCUT2D eigenvalue weighted by atomic mass is 10.2. The van der Waals surface area contributed by atoms with Crippen LogP contribution >= 0.6 is 11.3 Å². The Balaban J connectivity index is 1.43. The van der Waals surface area contributed by atoms with Crippen LogP contribution in [0.5, 0.6) is 17.2 Å². The molecular weight excluding hydrogens is 488 g/mol. The summed E-state index contributed by atoms with van der Waals surface area (Å²) >= 11 is 1.18. The van der Waals surface area contributed by atoms with Gasteiger partial charge in [0.1, 0.15) is 28.8 Å². The number of benzene rings is 3. The Morgan fingerprint density at radius 1 is 0.914 bits per heavy atom. The zero-order valence-corrected chi connectivity index (χ0v) is 20.5. The second kappa shape index (κ2) is 10.5. The van der Waals surface area contributed by atoms with Crippen molar-refractivity contribution in [2.75, 3.05) is 29.5 Å². The number of rotatable bonds is 9. The van der Waals surface area contributed by atoms with Gasteiger partial charge < -0.3 is 9.47 Å². The number of amides is 1. The molecule has 1 amide bonds. The fourth-order valence-corrected chi connectivity index (χ4v) is 4.74. The summed E-state index contributed by atoms with van der Waals surface area (Å²) in [5, 5.41) is 11.6. The number of hydrogen-bond acceptors (Lipinski definition) is 8. The summed E-state index contributed by atoms with van der Waals surface area (Å²) in [7, 11) is -2.15. The van der Waals surface area contributed by atoms with Crippen molar-refractivity contribution >= 4 is 38.1 Å². The number of nitrogens with zero attached hydrogens (tertiary/aromatic N) is 3. The predicted molar refractivity (Wildman–Crippen MR) is 136 cm³/mol. The van der Waals surface area contributed by atoms with Crippen LogP contribution in [0.4, 0.5) is 10.8 Å². The Hall–Kier alpha value is -3.96. The molecular formula is C24H22N4O5S2. The van der Waals surface area contributed by atoms with Gasteiger partial charge in [-0.15, -0.1) is 10.2 Å². The minimum atomic E-state index is -3.73. The highest BCUT2D eigenvalue weighted by atomic mass is 32.2. The maximum absolute atomic E-state index is 12.7. The normalized spacial score (nSPS) is 11.0. The van der Waals surface area contributed by atoms with Gasteiger partial charge in [-0.2, -0.15) is 0 Å². The first-order chi connectivity index (χ1) is 16.8. The second-order valence-electron chi connectivity index (χ2n) is 7.37. The number of ether oxygens (including phenoxy) is 2. The lowest BCUT2D eigenvalue weighted by Crippen LogP contribution is -2.37. The molecule has 1 aromatic heterocycles. The number of carbonyl (C=O) groups excluding carboxylic acids is 1. The highest BCUT2D eigenvalue weighted by Gasteiger charge is 2.22. The molecule has 0 fully saturated rings. The quantitative estimate of drug-likeness (QED) is 0.355. The van der Waals surface area contributed by atoms with Crippen LogP contribution in [0, 0.1) is 0 Å². The SMILES string of the molecule is COc1ccc(-c2nnc(NC(=O)CN(c3ccc(Oc4ccccc4)cc3)S(C)(=O)=O)s2)cc1. The van der Waals surface area contributed by atoms with E-state index in [-0.39, 0.29) is 5.13 Å². The molecule has 11 heteroatoms. The summed E-state index contributed by atoms with van der Waals surface area (Å²) in [6.07, 6.45) is 1.04. The first-order valence-electron chi connectivity index (χ1n) is 10.4. The average molecular weight is 511 g/mol. The zero-order chi connectivity index (χ0) is 24.8. The Labute approximate surface area is 207 Å². The zero-order valence-electron chi connectivity index (χ0n) is 18.9. The van der Waals surface area contributed by atoms with E-state index in [0.717, 1.165) is 16.1 Å². The molecule has 0 bridgehead atoms. The van der Waals surface area contributed by atoms with E-state index in [1.165, 1.54) is 11.3 Å². The maximum Gasteiger partial charge on any atom is 0.246 e. The number of para-hydroxylation sites is 1. The monoisotopic (exact) mass is 510 g/mol. The lowest BCUT2D eigenvalue weighted by Gasteiger charge is -2.21. The van der Waals surface area contributed by atoms with E-state index in [1.807, 2.05) is 42.5 Å². The van der Waals surface area contributed by atoms with Gasteiger partial charge >= 0.3 is 0 Å². The summed E-state index contributed by atoms with van der Waals surface area (Å²) in [6.45, 7) is -0.421. The van der Waals surface area contributed by atoms with Gasteiger partial charge in [-0.25, -0.2) is 8.42 Å². The van der Waals surface area contributed by atoms with Crippen LogP contribution in [0.25, 0.3) is 10.6 Å². The second-order valence-corrected chi connectivity index (χ2v) is 10.3. The number of nitrogens with one attached hydrogen (secondary N) is 1. The molecule has 0 spiro atoms. The number of methoxy groups -OCH3 is 1. The van der Waals surface area contributed by atoms with Crippen LogP contribution in [-0.2, 0) is 14.8 Å². The van der Waals surface area contributed by atoms with E-state index < -0.39 is 22.5 Å². The number of sulfonamides is 1. The first-order valence-corrected chi connectivity index (χ1v) is 13.1. The standard InChI is InChI=1S/C24H22N4O5S2/c1-32-19-12-8-17(9-13-19)23-26-27-24(34-23)25-22(29)16-28(35(2,30)31)18-10-14-21(15-11-18)33-20-6-4-3-5-7-20/h3-15H,16H2,1-2H3,(H,25,27,29). The number of anilines is 2. The Bertz CT molecular complexity index is 1390. The van der Waals surface area contributed by atoms with Gasteiger partial charge in [-0.3, -0.25) is 14.4 Å². The fraction of sp³-hybridized carbons (Fsp3) is 0.125. The molecule has 0 aliphatic rings. The van der Waals surface area contributed by atoms with E-state index in [4.69, 9.17) is 9.47 Å². The molecule has 0 radical (unpaired) electrons. The summed E-state index contributed by atoms with van der Waals surface area (Å²) in [5.41, 5.74) is 1.15. The van der Waals surface area contributed by atoms with Crippen molar-refractivity contribution in [2.45, 2.75) is 0 Å². The molecule has 1 N–H and O–H groups in total. The van der Waals surface area contributed by atoms with Crippen molar-refractivity contribution in [3.8, 4) is 27.8 Å². The molecule has 9 nitrogen and oxygen atoms in total. The molecule has 35 heavy (non-hydrogen) atoms. The molecule has 180 valence electrons. The van der Waals surface area contributed by atoms with Crippen LogP contribution in [0.2, 0.25) is 0 Å². The molecule has 0 aliphatic heterocycles. The van der Waals surface area contributed by atoms with Crippen LogP contribution < -0.4 is 19.1 Å². The summed E-state index contributed by atoms with van der Waals surface area (Å²) < 4.78 is 36.7. The minimum Gasteiger partial charge on any atom is -0.497 e. The largest absolute Gasteiger partial charge is 0.497 e. The molecule has 3 aromatic carbocycles. The molecule has 0 atom stereocenters. The van der Waals surface area contributed by atoms with Crippen molar-refractivity contribution < 1.29 is 22.7 Å². The van der Waals surface area contributed by atoms with Gasteiger partial charge in [-0.05, 0) is 60.7 Å². The van der Waals surface area contributed by atoms with Gasteiger partial charge in [0.2, 0.25) is 21.1 Å². The van der Waals surface area contributed by atoms with E-state index in [9.17, 15) is 13.2 Å². The smallest absolute Gasteiger partial charge is 0.246 e. The average Bonchev–Trinajstić information content (AvgIpc) is 3.31. The topological polar surface area (TPSA) is 111 Å². The Kier molecular flexibility index (Phi) is 7.28. The van der Waals surface area contributed by atoms with Gasteiger partial charge in [0.25, 0.3) is 0 Å². The molecule has 4 rings (SSSR count). The number of aromatic nitrogens is 2. The van der Waals surface area contributed by atoms with E-state index in [1.54, 1.807) is 43.5 Å². The first kappa shape index (κ1) is 24.2. The predicted octanol–water partition coefficient (Wildman–Crippen LogP) is 4.41. The fourth-order valence-electron chi connectivity index (χ4n) is 3.12.